The maximum absolute atomic E-state index is 12.5. The van der Waals surface area contributed by atoms with Crippen molar-refractivity contribution in [2.24, 2.45) is 5.73 Å². The van der Waals surface area contributed by atoms with E-state index < -0.39 is 13.9 Å². The monoisotopic (exact) mass is 657 g/mol. The fourth-order valence-corrected chi connectivity index (χ4v) is 5.35. The lowest BCUT2D eigenvalue weighted by Gasteiger charge is -2.20. The van der Waals surface area contributed by atoms with Crippen LogP contribution < -0.4 is 5.73 Å². The zero-order chi connectivity index (χ0) is 33.1. The molecule has 0 fully saturated rings. The van der Waals surface area contributed by atoms with Gasteiger partial charge in [-0.2, -0.15) is 0 Å². The number of esters is 1. The largest absolute Gasteiger partial charge is 0.472 e. The summed E-state index contributed by atoms with van der Waals surface area (Å²) in [5.74, 6) is -0.347. The van der Waals surface area contributed by atoms with Gasteiger partial charge in [-0.1, -0.05) is 121 Å². The third kappa shape index (κ3) is 33.9. The highest BCUT2D eigenvalue weighted by molar-refractivity contribution is 7.47. The molecule has 0 spiro atoms. The zero-order valence-corrected chi connectivity index (χ0v) is 29.7. The van der Waals surface area contributed by atoms with Crippen LogP contribution in [0.1, 0.15) is 149 Å². The zero-order valence-electron chi connectivity index (χ0n) is 28.8. The van der Waals surface area contributed by atoms with Crippen molar-refractivity contribution in [2.45, 2.75) is 155 Å². The van der Waals surface area contributed by atoms with E-state index in [9.17, 15) is 14.3 Å². The summed E-state index contributed by atoms with van der Waals surface area (Å²) in [5, 5.41) is 0. The Kier molecular flexibility index (Phi) is 33.1. The SMILES string of the molecule is CCCC/C=C\C/C=C\CCCCCCCCOCC(COP(=O)(O)OCCN)OC(=O)CCCCCCC/C=C\CCCC. The lowest BCUT2D eigenvalue weighted by molar-refractivity contribution is -0.154. The van der Waals surface area contributed by atoms with E-state index in [1.807, 2.05) is 0 Å². The number of carbonyl (C=O) groups is 1. The van der Waals surface area contributed by atoms with E-state index in [0.29, 0.717) is 13.0 Å². The molecule has 0 bridgehead atoms. The highest BCUT2D eigenvalue weighted by Crippen LogP contribution is 2.43. The lowest BCUT2D eigenvalue weighted by atomic mass is 10.1. The van der Waals surface area contributed by atoms with Gasteiger partial charge in [-0.3, -0.25) is 13.8 Å². The predicted octanol–water partition coefficient (Wildman–Crippen LogP) is 9.91. The predicted molar refractivity (Wildman–Crippen MR) is 187 cm³/mol. The molecule has 45 heavy (non-hydrogen) atoms. The molecule has 0 rings (SSSR count). The van der Waals surface area contributed by atoms with Crippen molar-refractivity contribution >= 4 is 13.8 Å². The topological polar surface area (TPSA) is 117 Å². The maximum Gasteiger partial charge on any atom is 0.472 e. The minimum Gasteiger partial charge on any atom is -0.457 e. The number of rotatable bonds is 34. The molecule has 0 aromatic carbocycles. The highest BCUT2D eigenvalue weighted by atomic mass is 31.2. The number of phosphoric acid groups is 1. The van der Waals surface area contributed by atoms with Gasteiger partial charge in [-0.15, -0.1) is 0 Å². The van der Waals surface area contributed by atoms with Crippen LogP contribution in [0.25, 0.3) is 0 Å². The molecule has 0 radical (unpaired) electrons. The smallest absolute Gasteiger partial charge is 0.457 e. The molecule has 8 nitrogen and oxygen atoms in total. The van der Waals surface area contributed by atoms with Gasteiger partial charge in [0.15, 0.2) is 0 Å². The summed E-state index contributed by atoms with van der Waals surface area (Å²) in [6, 6.07) is 0. The van der Waals surface area contributed by atoms with E-state index in [0.717, 1.165) is 64.2 Å². The van der Waals surface area contributed by atoms with E-state index >= 15 is 0 Å². The third-order valence-electron chi connectivity index (χ3n) is 7.28. The Morgan fingerprint density at radius 2 is 1.18 bits per heavy atom. The van der Waals surface area contributed by atoms with Gasteiger partial charge in [-0.05, 0) is 57.8 Å². The Hall–Kier alpha value is -1.28. The van der Waals surface area contributed by atoms with Crippen molar-refractivity contribution in [3.05, 3.63) is 36.5 Å². The van der Waals surface area contributed by atoms with Gasteiger partial charge in [0.2, 0.25) is 0 Å². The quantitative estimate of drug-likeness (QED) is 0.0304. The molecule has 0 aliphatic carbocycles. The molecule has 9 heteroatoms. The van der Waals surface area contributed by atoms with Gasteiger partial charge >= 0.3 is 13.8 Å². The molecule has 0 saturated carbocycles. The summed E-state index contributed by atoms with van der Waals surface area (Å²) in [5.41, 5.74) is 5.34. The third-order valence-corrected chi connectivity index (χ3v) is 8.26. The molecule has 2 atom stereocenters. The minimum atomic E-state index is -4.27. The van der Waals surface area contributed by atoms with Crippen LogP contribution >= 0.6 is 7.82 Å². The van der Waals surface area contributed by atoms with Crippen LogP contribution in [0, 0.1) is 0 Å². The first kappa shape index (κ1) is 43.7. The van der Waals surface area contributed by atoms with Crippen LogP contribution in [0.5, 0.6) is 0 Å². The summed E-state index contributed by atoms with van der Waals surface area (Å²) < 4.78 is 33.2. The fourth-order valence-electron chi connectivity index (χ4n) is 4.58. The Morgan fingerprint density at radius 3 is 1.76 bits per heavy atom. The van der Waals surface area contributed by atoms with E-state index in [4.69, 9.17) is 24.3 Å². The van der Waals surface area contributed by atoms with E-state index in [-0.39, 0.29) is 32.3 Å². The normalized spacial score (nSPS) is 14.1. The number of allylic oxidation sites excluding steroid dienone is 6. The Bertz CT molecular complexity index is 787. The second kappa shape index (κ2) is 34.1. The fraction of sp³-hybridized carbons (Fsp3) is 0.806. The van der Waals surface area contributed by atoms with Crippen molar-refractivity contribution in [1.82, 2.24) is 0 Å². The Balaban J connectivity index is 4.14. The first-order chi connectivity index (χ1) is 21.9. The van der Waals surface area contributed by atoms with Crippen molar-refractivity contribution in [2.75, 3.05) is 33.0 Å². The van der Waals surface area contributed by atoms with Gasteiger partial charge in [0.05, 0.1) is 19.8 Å². The van der Waals surface area contributed by atoms with E-state index in [2.05, 4.69) is 50.3 Å². The van der Waals surface area contributed by atoms with Crippen molar-refractivity contribution in [3.8, 4) is 0 Å². The minimum absolute atomic E-state index is 0.0964. The summed E-state index contributed by atoms with van der Waals surface area (Å²) in [6.45, 7) is 4.79. The van der Waals surface area contributed by atoms with Gasteiger partial charge in [0.1, 0.15) is 6.10 Å². The molecule has 0 aliphatic rings. The summed E-state index contributed by atoms with van der Waals surface area (Å²) in [4.78, 5) is 22.3. The second-order valence-corrected chi connectivity index (χ2v) is 13.2. The van der Waals surface area contributed by atoms with Gasteiger partial charge in [0.25, 0.3) is 0 Å². The van der Waals surface area contributed by atoms with Gasteiger partial charge in [0, 0.05) is 19.6 Å². The van der Waals surface area contributed by atoms with Crippen LogP contribution in [-0.2, 0) is 27.9 Å². The van der Waals surface area contributed by atoms with Crippen molar-refractivity contribution in [3.63, 3.8) is 0 Å². The maximum atomic E-state index is 12.5. The summed E-state index contributed by atoms with van der Waals surface area (Å²) >= 11 is 0. The van der Waals surface area contributed by atoms with Crippen molar-refractivity contribution < 1.29 is 32.8 Å². The molecular weight excluding hydrogens is 589 g/mol. The molecule has 0 heterocycles. The standard InChI is InChI=1S/C36H68NO7P/c1-3-5-7-9-11-13-15-16-17-18-20-22-24-26-28-31-41-33-35(34-43-45(39,40)42-32-30-37)44-36(38)29-27-25-23-21-19-14-12-10-8-6-4-2/h9-12,15-16,35H,3-8,13-14,17-34,37H2,1-2H3,(H,39,40)/b11-9-,12-10-,16-15-. The van der Waals surface area contributed by atoms with Gasteiger partial charge < -0.3 is 20.1 Å². The Morgan fingerprint density at radius 1 is 0.667 bits per heavy atom. The molecule has 264 valence electrons. The van der Waals surface area contributed by atoms with Crippen LogP contribution in [0.15, 0.2) is 36.5 Å². The molecule has 0 aromatic rings. The highest BCUT2D eigenvalue weighted by Gasteiger charge is 2.25. The average molecular weight is 658 g/mol. The summed E-state index contributed by atoms with van der Waals surface area (Å²) in [6.07, 6.45) is 35.8. The van der Waals surface area contributed by atoms with Crippen LogP contribution in [0.4, 0.5) is 0 Å². The average Bonchev–Trinajstić information content (AvgIpc) is 3.02. The number of nitrogens with two attached hydrogens (primary N) is 1. The second-order valence-electron chi connectivity index (χ2n) is 11.7. The Labute approximate surface area is 276 Å². The van der Waals surface area contributed by atoms with Crippen LogP contribution in [0.3, 0.4) is 0 Å². The number of phosphoric ester groups is 1. The molecular formula is C36H68NO7P. The first-order valence-electron chi connectivity index (χ1n) is 18.0. The first-order valence-corrected chi connectivity index (χ1v) is 19.5. The molecule has 0 aliphatic heterocycles. The number of hydrogen-bond acceptors (Lipinski definition) is 7. The van der Waals surface area contributed by atoms with Crippen LogP contribution in [0.2, 0.25) is 0 Å². The van der Waals surface area contributed by atoms with Crippen LogP contribution in [-0.4, -0.2) is 49.9 Å². The number of carbonyl (C=O) groups excluding carboxylic acids is 1. The van der Waals surface area contributed by atoms with E-state index in [1.54, 1.807) is 0 Å². The molecule has 2 unspecified atom stereocenters. The molecule has 0 amide bonds. The summed E-state index contributed by atoms with van der Waals surface area (Å²) in [7, 11) is -4.27. The lowest BCUT2D eigenvalue weighted by Crippen LogP contribution is -2.28. The molecule has 0 aromatic heterocycles. The number of hydrogen-bond donors (Lipinski definition) is 2. The number of unbranched alkanes of at least 4 members (excludes halogenated alkanes) is 15. The molecule has 0 saturated heterocycles. The van der Waals surface area contributed by atoms with Crippen molar-refractivity contribution in [1.29, 1.82) is 0 Å². The van der Waals surface area contributed by atoms with Gasteiger partial charge in [-0.25, -0.2) is 4.57 Å². The molecule has 3 N–H and O–H groups in total. The van der Waals surface area contributed by atoms with E-state index in [1.165, 1.54) is 64.2 Å². The number of ether oxygens (including phenoxy) is 2.